The number of fused-ring (bicyclic) bond motifs is 1. The van der Waals surface area contributed by atoms with Crippen LogP contribution < -0.4 is 14.4 Å². The summed E-state index contributed by atoms with van der Waals surface area (Å²) in [4.78, 5) is 32.7. The second kappa shape index (κ2) is 9.67. The van der Waals surface area contributed by atoms with Crippen molar-refractivity contribution >= 4 is 44.1 Å². The monoisotopic (exact) mass is 518 g/mol. The standard InChI is InChI=1S/C28H23FN2O5S/c1-4-36-20-12-8-17(14-21(20)35-3)24-23(25(32)16-6-9-18(29)10-7-16)26(33)27(34)31(24)28-30-19-11-5-15(2)13-22(19)37-28/h5-14,24,32H,4H2,1-3H3/b25-23+/t24-/m0/s1. The average molecular weight is 519 g/mol. The molecule has 4 aromatic rings. The molecule has 37 heavy (non-hydrogen) atoms. The van der Waals surface area contributed by atoms with Crippen molar-refractivity contribution in [2.75, 3.05) is 18.6 Å². The number of halogens is 1. The number of Topliss-reactive ketones (excluding diaryl/α,β-unsaturated/α-hetero) is 1. The van der Waals surface area contributed by atoms with E-state index in [2.05, 4.69) is 4.98 Å². The number of anilines is 1. The minimum Gasteiger partial charge on any atom is -0.507 e. The van der Waals surface area contributed by atoms with Gasteiger partial charge in [0, 0.05) is 5.56 Å². The molecule has 9 heteroatoms. The van der Waals surface area contributed by atoms with Gasteiger partial charge in [0.15, 0.2) is 16.6 Å². The van der Waals surface area contributed by atoms with Crippen molar-refractivity contribution in [1.29, 1.82) is 0 Å². The molecule has 1 saturated heterocycles. The molecular formula is C28H23FN2O5S. The van der Waals surface area contributed by atoms with Gasteiger partial charge in [0.25, 0.3) is 5.78 Å². The Hall–Kier alpha value is -4.24. The van der Waals surface area contributed by atoms with Gasteiger partial charge in [-0.3, -0.25) is 14.5 Å². The van der Waals surface area contributed by atoms with E-state index in [1.54, 1.807) is 18.2 Å². The molecule has 1 aliphatic heterocycles. The van der Waals surface area contributed by atoms with Crippen molar-refractivity contribution in [2.45, 2.75) is 19.9 Å². The van der Waals surface area contributed by atoms with E-state index in [-0.39, 0.29) is 11.1 Å². The van der Waals surface area contributed by atoms with Crippen LogP contribution in [0.5, 0.6) is 11.5 Å². The summed E-state index contributed by atoms with van der Waals surface area (Å²) in [5.74, 6) is -1.68. The number of amides is 1. The molecule has 1 aliphatic rings. The van der Waals surface area contributed by atoms with Crippen LogP contribution in [0.4, 0.5) is 9.52 Å². The van der Waals surface area contributed by atoms with E-state index in [1.165, 1.54) is 47.6 Å². The maximum atomic E-state index is 13.5. The highest BCUT2D eigenvalue weighted by Crippen LogP contribution is 2.45. The molecule has 3 aromatic carbocycles. The van der Waals surface area contributed by atoms with E-state index in [4.69, 9.17) is 9.47 Å². The van der Waals surface area contributed by atoms with E-state index >= 15 is 0 Å². The van der Waals surface area contributed by atoms with Gasteiger partial charge in [0.1, 0.15) is 11.6 Å². The number of carbonyl (C=O) groups excluding carboxylic acids is 2. The van der Waals surface area contributed by atoms with Crippen molar-refractivity contribution in [3.8, 4) is 11.5 Å². The van der Waals surface area contributed by atoms with E-state index in [0.29, 0.717) is 34.3 Å². The zero-order chi connectivity index (χ0) is 26.3. The van der Waals surface area contributed by atoms with Gasteiger partial charge >= 0.3 is 5.91 Å². The lowest BCUT2D eigenvalue weighted by molar-refractivity contribution is -0.132. The van der Waals surface area contributed by atoms with Crippen LogP contribution in [0.1, 0.15) is 29.7 Å². The normalized spacial score (nSPS) is 17.0. The van der Waals surface area contributed by atoms with Gasteiger partial charge in [0.05, 0.1) is 35.5 Å². The molecular weight excluding hydrogens is 495 g/mol. The Kier molecular flexibility index (Phi) is 6.39. The van der Waals surface area contributed by atoms with Crippen LogP contribution in [0.25, 0.3) is 16.0 Å². The quantitative estimate of drug-likeness (QED) is 0.198. The zero-order valence-electron chi connectivity index (χ0n) is 20.3. The van der Waals surface area contributed by atoms with Gasteiger partial charge in [-0.2, -0.15) is 0 Å². The second-order valence-corrected chi connectivity index (χ2v) is 9.50. The number of aromatic nitrogens is 1. The molecule has 188 valence electrons. The SMILES string of the molecule is CCOc1ccc([C@H]2/C(=C(\O)c3ccc(F)cc3)C(=O)C(=O)N2c2nc3ccc(C)cc3s2)cc1OC. The van der Waals surface area contributed by atoms with Crippen LogP contribution in [0.2, 0.25) is 0 Å². The van der Waals surface area contributed by atoms with Gasteiger partial charge < -0.3 is 14.6 Å². The van der Waals surface area contributed by atoms with Gasteiger partial charge in [0.2, 0.25) is 0 Å². The maximum Gasteiger partial charge on any atom is 0.301 e. The number of carbonyl (C=O) groups is 2. The Morgan fingerprint density at radius 2 is 1.84 bits per heavy atom. The summed E-state index contributed by atoms with van der Waals surface area (Å²) in [6.07, 6.45) is 0. The summed E-state index contributed by atoms with van der Waals surface area (Å²) in [7, 11) is 1.49. The van der Waals surface area contributed by atoms with Gasteiger partial charge in [-0.25, -0.2) is 9.37 Å². The van der Waals surface area contributed by atoms with Crippen molar-refractivity contribution < 1.29 is 28.6 Å². The smallest absolute Gasteiger partial charge is 0.301 e. The van der Waals surface area contributed by atoms with Gasteiger partial charge in [-0.15, -0.1) is 0 Å². The largest absolute Gasteiger partial charge is 0.507 e. The minimum atomic E-state index is -1.00. The number of benzene rings is 3. The first kappa shape index (κ1) is 24.5. The fourth-order valence-corrected chi connectivity index (χ4v) is 5.45. The lowest BCUT2D eigenvalue weighted by atomic mass is 9.95. The first-order valence-electron chi connectivity index (χ1n) is 11.6. The fourth-order valence-electron chi connectivity index (χ4n) is 4.36. The number of aliphatic hydroxyl groups excluding tert-OH is 1. The Morgan fingerprint density at radius 3 is 2.54 bits per heavy atom. The number of aliphatic hydroxyl groups is 1. The van der Waals surface area contributed by atoms with Gasteiger partial charge in [-0.05, 0) is 73.5 Å². The zero-order valence-corrected chi connectivity index (χ0v) is 21.1. The predicted molar refractivity (Wildman–Crippen MR) is 140 cm³/mol. The molecule has 0 unspecified atom stereocenters. The van der Waals surface area contributed by atoms with Crippen LogP contribution in [0.15, 0.2) is 66.2 Å². The molecule has 7 nitrogen and oxygen atoms in total. The lowest BCUT2D eigenvalue weighted by Crippen LogP contribution is -2.29. The molecule has 1 N–H and O–H groups in total. The Labute approximate surface area is 216 Å². The highest BCUT2D eigenvalue weighted by atomic mass is 32.1. The third-order valence-electron chi connectivity index (χ3n) is 6.10. The Balaban J connectivity index is 1.73. The van der Waals surface area contributed by atoms with E-state index in [9.17, 15) is 19.1 Å². The summed E-state index contributed by atoms with van der Waals surface area (Å²) in [6, 6.07) is 14.9. The molecule has 1 amide bonds. The van der Waals surface area contributed by atoms with Crippen LogP contribution >= 0.6 is 11.3 Å². The highest BCUT2D eigenvalue weighted by Gasteiger charge is 2.48. The maximum absolute atomic E-state index is 13.5. The molecule has 0 aliphatic carbocycles. The van der Waals surface area contributed by atoms with Crippen LogP contribution in [0, 0.1) is 12.7 Å². The molecule has 0 spiro atoms. The van der Waals surface area contributed by atoms with E-state index in [0.717, 1.165) is 10.3 Å². The van der Waals surface area contributed by atoms with E-state index in [1.807, 2.05) is 32.0 Å². The Morgan fingerprint density at radius 1 is 1.08 bits per heavy atom. The number of thiazole rings is 1. The van der Waals surface area contributed by atoms with Crippen molar-refractivity contribution in [3.63, 3.8) is 0 Å². The molecule has 1 fully saturated rings. The number of nitrogens with zero attached hydrogens (tertiary/aromatic N) is 2. The molecule has 5 rings (SSSR count). The van der Waals surface area contributed by atoms with Crippen molar-refractivity contribution in [3.05, 3.63) is 88.7 Å². The number of aryl methyl sites for hydroxylation is 1. The summed E-state index contributed by atoms with van der Waals surface area (Å²) in [5, 5.41) is 11.5. The topological polar surface area (TPSA) is 89.0 Å². The highest BCUT2D eigenvalue weighted by molar-refractivity contribution is 7.22. The number of ether oxygens (including phenoxy) is 2. The first-order valence-corrected chi connectivity index (χ1v) is 12.4. The van der Waals surface area contributed by atoms with Gasteiger partial charge in [-0.1, -0.05) is 23.5 Å². The molecule has 0 radical (unpaired) electrons. The van der Waals surface area contributed by atoms with Crippen LogP contribution in [-0.4, -0.2) is 35.5 Å². The average Bonchev–Trinajstić information content (AvgIpc) is 3.42. The minimum absolute atomic E-state index is 0.127. The molecule has 0 bridgehead atoms. The van der Waals surface area contributed by atoms with Crippen LogP contribution in [0.3, 0.4) is 0 Å². The molecule has 0 saturated carbocycles. The Bertz CT molecular complexity index is 1560. The summed E-state index contributed by atoms with van der Waals surface area (Å²) < 4.78 is 25.5. The van der Waals surface area contributed by atoms with E-state index < -0.39 is 29.3 Å². The number of rotatable bonds is 6. The van der Waals surface area contributed by atoms with Crippen LogP contribution in [-0.2, 0) is 9.59 Å². The predicted octanol–water partition coefficient (Wildman–Crippen LogP) is 5.78. The number of ketones is 1. The number of methoxy groups -OCH3 is 1. The second-order valence-electron chi connectivity index (χ2n) is 8.49. The molecule has 1 atom stereocenters. The first-order chi connectivity index (χ1) is 17.8. The summed E-state index contributed by atoms with van der Waals surface area (Å²) in [6.45, 7) is 4.23. The number of hydrogen-bond acceptors (Lipinski definition) is 7. The summed E-state index contributed by atoms with van der Waals surface area (Å²) in [5.41, 5.74) is 2.32. The summed E-state index contributed by atoms with van der Waals surface area (Å²) >= 11 is 1.28. The third-order valence-corrected chi connectivity index (χ3v) is 7.12. The third kappa shape index (κ3) is 4.31. The lowest BCUT2D eigenvalue weighted by Gasteiger charge is -2.24. The molecule has 1 aromatic heterocycles. The van der Waals surface area contributed by atoms with Crippen molar-refractivity contribution in [1.82, 2.24) is 4.98 Å². The number of hydrogen-bond donors (Lipinski definition) is 1. The fraction of sp³-hybridized carbons (Fsp3) is 0.179. The van der Waals surface area contributed by atoms with Crippen molar-refractivity contribution in [2.24, 2.45) is 0 Å². The molecule has 2 heterocycles.